The van der Waals surface area contributed by atoms with E-state index in [1.54, 1.807) is 0 Å². The maximum Gasteiger partial charge on any atom is 0.0713 e. The lowest BCUT2D eigenvalue weighted by molar-refractivity contribution is 0.660. The van der Waals surface area contributed by atoms with Crippen molar-refractivity contribution >= 4 is 38.9 Å². The highest BCUT2D eigenvalue weighted by Crippen LogP contribution is 2.58. The van der Waals surface area contributed by atoms with Crippen molar-refractivity contribution in [2.45, 2.75) is 24.7 Å². The van der Waals surface area contributed by atoms with E-state index in [9.17, 15) is 0 Å². The van der Waals surface area contributed by atoms with Gasteiger partial charge in [-0.1, -0.05) is 196 Å². The normalized spacial score (nSPS) is 13.8. The van der Waals surface area contributed by atoms with E-state index < -0.39 is 5.41 Å². The number of rotatable bonds is 7. The molecule has 2 nitrogen and oxygen atoms in total. The van der Waals surface area contributed by atoms with Crippen LogP contribution in [0.3, 0.4) is 0 Å². The minimum Gasteiger partial charge on any atom is -0.310 e. The molecule has 0 saturated heterocycles. The van der Waals surface area contributed by atoms with Crippen molar-refractivity contribution in [3.63, 3.8) is 0 Å². The third kappa shape index (κ3) is 5.48. The summed E-state index contributed by atoms with van der Waals surface area (Å²) in [5, 5.41) is 2.52. The van der Waals surface area contributed by atoms with Gasteiger partial charge in [0.25, 0.3) is 0 Å². The van der Waals surface area contributed by atoms with Crippen molar-refractivity contribution in [1.82, 2.24) is 4.57 Å². The van der Waals surface area contributed by atoms with E-state index in [-0.39, 0.29) is 5.41 Å². The fourth-order valence-electron chi connectivity index (χ4n) is 11.8. The summed E-state index contributed by atoms with van der Waals surface area (Å²) in [5.74, 6) is 0. The number of fused-ring (bicyclic) bond motifs is 9. The molecule has 2 aliphatic carbocycles. The SMILES string of the molecule is CC1(C)c2ccccc2-c2ccc(N(c3ccc(-n4c5ccccc5c5ccccc54)cc3)c3cccc(-c4cccc5c4-c4ccccc4C5(c4ccccc4)c4ccccc4)c3)cc21. The minimum atomic E-state index is -0.471. The van der Waals surface area contributed by atoms with E-state index in [4.69, 9.17) is 0 Å². The first-order chi connectivity index (χ1) is 32.5. The molecule has 0 fully saturated rings. The molecule has 0 radical (unpaired) electrons. The molecule has 0 atom stereocenters. The molecule has 2 heteroatoms. The van der Waals surface area contributed by atoms with E-state index in [2.05, 4.69) is 266 Å². The van der Waals surface area contributed by atoms with Gasteiger partial charge in [0.15, 0.2) is 0 Å². The highest BCUT2D eigenvalue weighted by Gasteiger charge is 2.46. The number of para-hydroxylation sites is 2. The molecule has 11 aromatic rings. The van der Waals surface area contributed by atoms with E-state index in [0.29, 0.717) is 0 Å². The molecule has 0 aliphatic heterocycles. The lowest BCUT2D eigenvalue weighted by Gasteiger charge is -2.34. The lowest BCUT2D eigenvalue weighted by Crippen LogP contribution is -2.28. The van der Waals surface area contributed by atoms with Gasteiger partial charge >= 0.3 is 0 Å². The molecular weight excluding hydrogens is 797 g/mol. The molecule has 10 aromatic carbocycles. The molecule has 0 bridgehead atoms. The van der Waals surface area contributed by atoms with Gasteiger partial charge in [0.05, 0.1) is 16.4 Å². The third-order valence-corrected chi connectivity index (χ3v) is 14.7. The summed E-state index contributed by atoms with van der Waals surface area (Å²) < 4.78 is 2.40. The minimum absolute atomic E-state index is 0.141. The van der Waals surface area contributed by atoms with Crippen molar-refractivity contribution < 1.29 is 0 Å². The fraction of sp³-hybridized carbons (Fsp3) is 0.0625. The fourth-order valence-corrected chi connectivity index (χ4v) is 11.8. The Kier molecular flexibility index (Phi) is 8.51. The number of hydrogen-bond donors (Lipinski definition) is 0. The molecule has 0 unspecified atom stereocenters. The van der Waals surface area contributed by atoms with Crippen LogP contribution in [0.25, 0.3) is 60.9 Å². The van der Waals surface area contributed by atoms with Gasteiger partial charge in [-0.3, -0.25) is 0 Å². The van der Waals surface area contributed by atoms with Gasteiger partial charge in [-0.2, -0.15) is 0 Å². The lowest BCUT2D eigenvalue weighted by atomic mass is 9.67. The van der Waals surface area contributed by atoms with Gasteiger partial charge < -0.3 is 9.47 Å². The number of anilines is 3. The van der Waals surface area contributed by atoms with Crippen LogP contribution >= 0.6 is 0 Å². The zero-order chi connectivity index (χ0) is 44.0. The molecule has 1 aromatic heterocycles. The largest absolute Gasteiger partial charge is 0.310 e. The monoisotopic (exact) mass is 842 g/mol. The van der Waals surface area contributed by atoms with Gasteiger partial charge in [-0.25, -0.2) is 0 Å². The molecule has 2 aliphatic rings. The van der Waals surface area contributed by atoms with Crippen molar-refractivity contribution in [2.75, 3.05) is 4.90 Å². The first kappa shape index (κ1) is 38.3. The van der Waals surface area contributed by atoms with Crippen LogP contribution in [0.4, 0.5) is 17.1 Å². The zero-order valence-corrected chi connectivity index (χ0v) is 37.0. The van der Waals surface area contributed by atoms with E-state index >= 15 is 0 Å². The highest BCUT2D eigenvalue weighted by molar-refractivity contribution is 6.09. The van der Waals surface area contributed by atoms with Gasteiger partial charge in [-0.05, 0) is 127 Å². The van der Waals surface area contributed by atoms with E-state index in [1.807, 2.05) is 0 Å². The van der Waals surface area contributed by atoms with Gasteiger partial charge in [0.1, 0.15) is 0 Å². The summed E-state index contributed by atoms with van der Waals surface area (Å²) in [5.41, 5.74) is 21.8. The molecule has 0 saturated carbocycles. The smallest absolute Gasteiger partial charge is 0.0713 e. The average Bonchev–Trinajstić information content (AvgIpc) is 3.96. The van der Waals surface area contributed by atoms with Gasteiger partial charge in [0.2, 0.25) is 0 Å². The van der Waals surface area contributed by atoms with Gasteiger partial charge in [0, 0.05) is 38.9 Å². The summed E-state index contributed by atoms with van der Waals surface area (Å²) in [6.07, 6.45) is 0. The van der Waals surface area contributed by atoms with E-state index in [0.717, 1.165) is 22.7 Å². The third-order valence-electron chi connectivity index (χ3n) is 14.7. The zero-order valence-electron chi connectivity index (χ0n) is 37.0. The standard InChI is InChI=1S/C64H46N2/c1-63(2)56-30-13-9-25-51(56)52-40-39-49(42-59(52)63)65(46-35-37-47(38-36-46)66-60-33-15-11-26-53(60)54-27-12-16-34-61(54)66)48-24-17-19-43(41-48)50-29-18-32-58-62(50)55-28-10-14-31-57(55)64(58,44-20-5-3-6-21-44)45-22-7-4-8-23-45/h3-42H,1-2H3. The Morgan fingerprint density at radius 2 is 0.864 bits per heavy atom. The Bertz CT molecular complexity index is 3580. The van der Waals surface area contributed by atoms with Crippen molar-refractivity contribution in [1.29, 1.82) is 0 Å². The van der Waals surface area contributed by atoms with Crippen LogP contribution in [0, 0.1) is 0 Å². The topological polar surface area (TPSA) is 8.17 Å². The van der Waals surface area contributed by atoms with E-state index in [1.165, 1.54) is 88.6 Å². The average molecular weight is 843 g/mol. The molecule has 0 N–H and O–H groups in total. The maximum absolute atomic E-state index is 2.45. The predicted octanol–water partition coefficient (Wildman–Crippen LogP) is 16.6. The Hall–Kier alpha value is -8.20. The second-order valence-electron chi connectivity index (χ2n) is 18.4. The summed E-state index contributed by atoms with van der Waals surface area (Å²) >= 11 is 0. The molecule has 312 valence electrons. The van der Waals surface area contributed by atoms with Crippen molar-refractivity contribution in [2.24, 2.45) is 0 Å². The first-order valence-electron chi connectivity index (χ1n) is 23.1. The summed E-state index contributed by atoms with van der Waals surface area (Å²) in [6, 6.07) is 90.0. The van der Waals surface area contributed by atoms with Crippen LogP contribution in [-0.2, 0) is 10.8 Å². The molecule has 1 heterocycles. The Balaban J connectivity index is 1.00. The van der Waals surface area contributed by atoms with Crippen LogP contribution in [0.1, 0.15) is 47.2 Å². The van der Waals surface area contributed by atoms with Crippen LogP contribution in [0.2, 0.25) is 0 Å². The second-order valence-corrected chi connectivity index (χ2v) is 18.4. The number of aromatic nitrogens is 1. The summed E-state index contributed by atoms with van der Waals surface area (Å²) in [7, 11) is 0. The second kappa shape index (κ2) is 14.7. The molecule has 0 spiro atoms. The number of nitrogens with zero attached hydrogens (tertiary/aromatic N) is 2. The summed E-state index contributed by atoms with van der Waals surface area (Å²) in [6.45, 7) is 4.73. The molecular formula is C64H46N2. The van der Waals surface area contributed by atoms with Crippen molar-refractivity contribution in [3.05, 3.63) is 276 Å². The Labute approximate surface area is 386 Å². The maximum atomic E-state index is 2.45. The number of benzene rings is 10. The quantitative estimate of drug-likeness (QED) is 0.155. The highest BCUT2D eigenvalue weighted by atomic mass is 15.1. The Morgan fingerprint density at radius 1 is 0.348 bits per heavy atom. The van der Waals surface area contributed by atoms with Crippen LogP contribution in [-0.4, -0.2) is 4.57 Å². The summed E-state index contributed by atoms with van der Waals surface area (Å²) in [4.78, 5) is 2.45. The molecule has 13 rings (SSSR count). The Morgan fingerprint density at radius 3 is 1.56 bits per heavy atom. The van der Waals surface area contributed by atoms with Crippen LogP contribution < -0.4 is 4.90 Å². The number of hydrogen-bond acceptors (Lipinski definition) is 1. The first-order valence-corrected chi connectivity index (χ1v) is 23.1. The predicted molar refractivity (Wildman–Crippen MR) is 276 cm³/mol. The van der Waals surface area contributed by atoms with Gasteiger partial charge in [-0.15, -0.1) is 0 Å². The molecule has 66 heavy (non-hydrogen) atoms. The van der Waals surface area contributed by atoms with Crippen molar-refractivity contribution in [3.8, 4) is 39.1 Å². The van der Waals surface area contributed by atoms with Crippen LogP contribution in [0.15, 0.2) is 243 Å². The molecule has 0 amide bonds. The van der Waals surface area contributed by atoms with Crippen LogP contribution in [0.5, 0.6) is 0 Å².